The van der Waals surface area contributed by atoms with Gasteiger partial charge in [-0.3, -0.25) is 9.59 Å². The van der Waals surface area contributed by atoms with Crippen molar-refractivity contribution in [1.29, 1.82) is 0 Å². The molecule has 1 atom stereocenters. The Morgan fingerprint density at radius 3 is 2.47 bits per heavy atom. The standard InChI is InChI=1S/C27H43N3O2/c1-6-30(25(32)12-17-28-21(2)31)24-11-13-27(23-10-8-7-9-22(23)24)15-19-29(20-16-27)18-14-26(3,4)5/h7-10,24H,6,11-20H2,1-5H3,(H,28,31)/t24-/m0/s1. The minimum atomic E-state index is -0.0837. The van der Waals surface area contributed by atoms with E-state index in [9.17, 15) is 9.59 Å². The van der Waals surface area contributed by atoms with Crippen molar-refractivity contribution in [2.45, 2.75) is 84.6 Å². The third-order valence-corrected chi connectivity index (χ3v) is 7.53. The molecule has 0 bridgehead atoms. The van der Waals surface area contributed by atoms with Gasteiger partial charge in [-0.25, -0.2) is 0 Å². The maximum atomic E-state index is 13.0. The van der Waals surface area contributed by atoms with Crippen LogP contribution in [-0.4, -0.2) is 54.3 Å². The number of hydrogen-bond acceptors (Lipinski definition) is 3. The van der Waals surface area contributed by atoms with Crippen molar-refractivity contribution in [2.75, 3.05) is 32.7 Å². The summed E-state index contributed by atoms with van der Waals surface area (Å²) in [6.07, 6.45) is 6.20. The van der Waals surface area contributed by atoms with Crippen LogP contribution in [0.2, 0.25) is 0 Å². The number of carbonyl (C=O) groups is 2. The van der Waals surface area contributed by atoms with Crippen LogP contribution < -0.4 is 5.32 Å². The lowest BCUT2D eigenvalue weighted by Crippen LogP contribution is -2.47. The van der Waals surface area contributed by atoms with E-state index in [4.69, 9.17) is 0 Å². The van der Waals surface area contributed by atoms with Crippen molar-refractivity contribution in [3.8, 4) is 0 Å². The Labute approximate surface area is 194 Å². The first-order valence-electron chi connectivity index (χ1n) is 12.5. The molecule has 1 saturated heterocycles. The minimum Gasteiger partial charge on any atom is -0.356 e. The Kier molecular flexibility index (Phi) is 8.02. The Morgan fingerprint density at radius 2 is 1.84 bits per heavy atom. The molecule has 0 aromatic heterocycles. The number of rotatable bonds is 7. The summed E-state index contributed by atoms with van der Waals surface area (Å²) in [4.78, 5) is 28.9. The second-order valence-electron chi connectivity index (χ2n) is 11.0. The van der Waals surface area contributed by atoms with Gasteiger partial charge in [-0.2, -0.15) is 0 Å². The van der Waals surface area contributed by atoms with Crippen molar-refractivity contribution in [3.63, 3.8) is 0 Å². The molecule has 3 rings (SSSR count). The van der Waals surface area contributed by atoms with Crippen molar-refractivity contribution in [1.82, 2.24) is 15.1 Å². The largest absolute Gasteiger partial charge is 0.356 e. The quantitative estimate of drug-likeness (QED) is 0.669. The predicted octanol–water partition coefficient (Wildman–Crippen LogP) is 4.67. The lowest BCUT2D eigenvalue weighted by Gasteiger charge is -2.49. The molecule has 2 amide bonds. The van der Waals surface area contributed by atoms with Gasteiger partial charge in [-0.1, -0.05) is 45.0 Å². The fourth-order valence-corrected chi connectivity index (χ4v) is 5.57. The van der Waals surface area contributed by atoms with E-state index in [1.54, 1.807) is 0 Å². The van der Waals surface area contributed by atoms with Gasteiger partial charge in [-0.05, 0) is 80.6 Å². The van der Waals surface area contributed by atoms with Crippen LogP contribution in [0.25, 0.3) is 0 Å². The second kappa shape index (κ2) is 10.4. The number of piperidine rings is 1. The Morgan fingerprint density at radius 1 is 1.16 bits per heavy atom. The summed E-state index contributed by atoms with van der Waals surface area (Å²) in [7, 11) is 0. The molecule has 5 heteroatoms. The van der Waals surface area contributed by atoms with E-state index in [2.05, 4.69) is 62.2 Å². The summed E-state index contributed by atoms with van der Waals surface area (Å²) >= 11 is 0. The SMILES string of the molecule is CCN(C(=O)CCNC(C)=O)[C@H]1CCC2(CCN(CCC(C)(C)C)CC2)c2ccccc21. The zero-order valence-corrected chi connectivity index (χ0v) is 20.9. The van der Waals surface area contributed by atoms with E-state index in [0.717, 1.165) is 12.8 Å². The molecular formula is C27H43N3O2. The lowest BCUT2D eigenvalue weighted by molar-refractivity contribution is -0.134. The number of nitrogens with one attached hydrogen (secondary N) is 1. The van der Waals surface area contributed by atoms with Gasteiger partial charge in [0.05, 0.1) is 6.04 Å². The molecule has 178 valence electrons. The summed E-state index contributed by atoms with van der Waals surface area (Å²) in [5, 5.41) is 2.76. The molecule has 0 radical (unpaired) electrons. The van der Waals surface area contributed by atoms with Crippen molar-refractivity contribution >= 4 is 11.8 Å². The van der Waals surface area contributed by atoms with E-state index >= 15 is 0 Å². The molecular weight excluding hydrogens is 398 g/mol. The van der Waals surface area contributed by atoms with Crippen LogP contribution in [0.5, 0.6) is 0 Å². The zero-order valence-electron chi connectivity index (χ0n) is 20.9. The highest BCUT2D eigenvalue weighted by Gasteiger charge is 2.43. The van der Waals surface area contributed by atoms with E-state index < -0.39 is 0 Å². The van der Waals surface area contributed by atoms with E-state index in [0.29, 0.717) is 24.9 Å². The summed E-state index contributed by atoms with van der Waals surface area (Å²) in [5.74, 6) is 0.0497. The fraction of sp³-hybridized carbons (Fsp3) is 0.704. The number of benzene rings is 1. The van der Waals surface area contributed by atoms with Gasteiger partial charge in [0.2, 0.25) is 11.8 Å². The smallest absolute Gasteiger partial charge is 0.224 e. The first-order valence-corrected chi connectivity index (χ1v) is 12.5. The third kappa shape index (κ3) is 5.92. The van der Waals surface area contributed by atoms with Crippen LogP contribution in [-0.2, 0) is 15.0 Å². The first-order chi connectivity index (χ1) is 15.1. The fourth-order valence-electron chi connectivity index (χ4n) is 5.57. The summed E-state index contributed by atoms with van der Waals surface area (Å²) in [6.45, 7) is 15.2. The van der Waals surface area contributed by atoms with Gasteiger partial charge < -0.3 is 15.1 Å². The summed E-state index contributed by atoms with van der Waals surface area (Å²) < 4.78 is 0. The molecule has 1 aromatic rings. The normalized spacial score (nSPS) is 20.6. The molecule has 1 heterocycles. The van der Waals surface area contributed by atoms with Crippen molar-refractivity contribution in [3.05, 3.63) is 35.4 Å². The van der Waals surface area contributed by atoms with Crippen molar-refractivity contribution < 1.29 is 9.59 Å². The van der Waals surface area contributed by atoms with Crippen LogP contribution in [0.3, 0.4) is 0 Å². The third-order valence-electron chi connectivity index (χ3n) is 7.53. The Balaban J connectivity index is 1.72. The van der Waals surface area contributed by atoms with Gasteiger partial charge in [0.1, 0.15) is 0 Å². The van der Waals surface area contributed by atoms with Crippen LogP contribution in [0.1, 0.15) is 90.3 Å². The molecule has 1 aromatic carbocycles. The van der Waals surface area contributed by atoms with Crippen LogP contribution in [0, 0.1) is 5.41 Å². The van der Waals surface area contributed by atoms with Gasteiger partial charge >= 0.3 is 0 Å². The molecule has 1 aliphatic carbocycles. The molecule has 5 nitrogen and oxygen atoms in total. The first kappa shape index (κ1) is 24.8. The zero-order chi connectivity index (χ0) is 23.4. The van der Waals surface area contributed by atoms with Crippen LogP contribution in [0.4, 0.5) is 0 Å². The minimum absolute atomic E-state index is 0.0837. The molecule has 32 heavy (non-hydrogen) atoms. The van der Waals surface area contributed by atoms with E-state index in [-0.39, 0.29) is 23.3 Å². The van der Waals surface area contributed by atoms with Gasteiger partial charge in [0.15, 0.2) is 0 Å². The lowest BCUT2D eigenvalue weighted by atomic mass is 9.63. The number of amides is 2. The van der Waals surface area contributed by atoms with Gasteiger partial charge in [0, 0.05) is 26.4 Å². The molecule has 1 aliphatic heterocycles. The average Bonchev–Trinajstić information content (AvgIpc) is 2.75. The molecule has 1 N–H and O–H groups in total. The summed E-state index contributed by atoms with van der Waals surface area (Å²) in [5.41, 5.74) is 3.45. The van der Waals surface area contributed by atoms with Crippen LogP contribution >= 0.6 is 0 Å². The van der Waals surface area contributed by atoms with Crippen LogP contribution in [0.15, 0.2) is 24.3 Å². The van der Waals surface area contributed by atoms with Crippen molar-refractivity contribution in [2.24, 2.45) is 5.41 Å². The molecule has 0 unspecified atom stereocenters. The van der Waals surface area contributed by atoms with E-state index in [1.165, 1.54) is 56.9 Å². The molecule has 2 aliphatic rings. The second-order valence-corrected chi connectivity index (χ2v) is 11.0. The number of hydrogen-bond donors (Lipinski definition) is 1. The number of fused-ring (bicyclic) bond motifs is 2. The highest BCUT2D eigenvalue weighted by molar-refractivity contribution is 5.78. The highest BCUT2D eigenvalue weighted by Crippen LogP contribution is 2.49. The average molecular weight is 442 g/mol. The van der Waals surface area contributed by atoms with Gasteiger partial charge in [0.25, 0.3) is 0 Å². The molecule has 0 saturated carbocycles. The topological polar surface area (TPSA) is 52.7 Å². The monoisotopic (exact) mass is 441 g/mol. The maximum absolute atomic E-state index is 13.0. The Hall–Kier alpha value is -1.88. The number of carbonyl (C=O) groups excluding carboxylic acids is 2. The molecule has 1 fully saturated rings. The van der Waals surface area contributed by atoms with Gasteiger partial charge in [-0.15, -0.1) is 0 Å². The number of nitrogens with zero attached hydrogens (tertiary/aromatic N) is 2. The maximum Gasteiger partial charge on any atom is 0.224 e. The summed E-state index contributed by atoms with van der Waals surface area (Å²) in [6, 6.07) is 9.01. The van der Waals surface area contributed by atoms with E-state index in [1.807, 2.05) is 4.90 Å². The highest BCUT2D eigenvalue weighted by atomic mass is 16.2. The molecule has 1 spiro atoms. The predicted molar refractivity (Wildman–Crippen MR) is 131 cm³/mol. The number of likely N-dealkylation sites (tertiary alicyclic amines) is 1. The Bertz CT molecular complexity index is 790.